The largest absolute Gasteiger partial charge is 0.341 e. The van der Waals surface area contributed by atoms with Gasteiger partial charge in [0.2, 0.25) is 5.91 Å². The quantitative estimate of drug-likeness (QED) is 0.845. The molecule has 26 heavy (non-hydrogen) atoms. The predicted molar refractivity (Wildman–Crippen MR) is 102 cm³/mol. The molecule has 3 rings (SSSR count). The maximum atomic E-state index is 12.9. The summed E-state index contributed by atoms with van der Waals surface area (Å²) in [6.07, 6.45) is 4.69. The molecule has 0 unspecified atom stereocenters. The number of nitrogens with zero attached hydrogens (tertiary/aromatic N) is 2. The van der Waals surface area contributed by atoms with Gasteiger partial charge in [0.1, 0.15) is 5.54 Å². The molecule has 0 radical (unpaired) electrons. The Hall–Kier alpha value is -2.15. The maximum absolute atomic E-state index is 12.9. The Morgan fingerprint density at radius 2 is 2.12 bits per heavy atom. The van der Waals surface area contributed by atoms with Gasteiger partial charge in [0.05, 0.1) is 11.1 Å². The fourth-order valence-electron chi connectivity index (χ4n) is 3.53. The standard InChI is InChI=1S/C19H26N4O2S/c1-4-13-12-20-22-16(13)14-7-9-23(10-8-14)18(25)19(2,3)21-17(24)15-6-5-11-26-15/h5-6,11-12,14H,4,7-10H2,1-3H3,(H,20,22)(H,21,24). The Kier molecular flexibility index (Phi) is 5.46. The number of carbonyl (C=O) groups excluding carboxylic acids is 2. The first-order valence-electron chi connectivity index (χ1n) is 9.10. The molecule has 0 saturated carbocycles. The van der Waals surface area contributed by atoms with Crippen molar-refractivity contribution in [2.75, 3.05) is 13.1 Å². The summed E-state index contributed by atoms with van der Waals surface area (Å²) in [4.78, 5) is 27.7. The molecule has 0 atom stereocenters. The fourth-order valence-corrected chi connectivity index (χ4v) is 4.15. The Bertz CT molecular complexity index is 758. The molecule has 0 aromatic carbocycles. The number of hydrogen-bond donors (Lipinski definition) is 2. The zero-order valence-electron chi connectivity index (χ0n) is 15.5. The van der Waals surface area contributed by atoms with Crippen LogP contribution in [0.5, 0.6) is 0 Å². The maximum Gasteiger partial charge on any atom is 0.262 e. The van der Waals surface area contributed by atoms with Gasteiger partial charge in [-0.05, 0) is 50.1 Å². The van der Waals surface area contributed by atoms with Crippen molar-refractivity contribution in [3.8, 4) is 0 Å². The third kappa shape index (κ3) is 3.82. The number of aromatic amines is 1. The topological polar surface area (TPSA) is 78.1 Å². The van der Waals surface area contributed by atoms with Crippen molar-refractivity contribution in [1.82, 2.24) is 20.4 Å². The SMILES string of the molecule is CCc1cn[nH]c1C1CCN(C(=O)C(C)(C)NC(=O)c2cccs2)CC1. The van der Waals surface area contributed by atoms with Crippen LogP contribution in [0.25, 0.3) is 0 Å². The zero-order valence-corrected chi connectivity index (χ0v) is 16.4. The van der Waals surface area contributed by atoms with Crippen molar-refractivity contribution in [3.63, 3.8) is 0 Å². The minimum Gasteiger partial charge on any atom is -0.341 e. The number of likely N-dealkylation sites (tertiary alicyclic amines) is 1. The van der Waals surface area contributed by atoms with Crippen LogP contribution in [0.3, 0.4) is 0 Å². The lowest BCUT2D eigenvalue weighted by molar-refractivity contribution is -0.137. The number of aryl methyl sites for hydroxylation is 1. The lowest BCUT2D eigenvalue weighted by Crippen LogP contribution is -2.57. The second-order valence-corrected chi connectivity index (χ2v) is 8.23. The third-order valence-corrected chi connectivity index (χ3v) is 5.90. The van der Waals surface area contributed by atoms with E-state index in [0.29, 0.717) is 23.9 Å². The summed E-state index contributed by atoms with van der Waals surface area (Å²) in [5, 5.41) is 12.0. The number of nitrogens with one attached hydrogen (secondary N) is 2. The van der Waals surface area contributed by atoms with Crippen molar-refractivity contribution in [1.29, 1.82) is 0 Å². The predicted octanol–water partition coefficient (Wildman–Crippen LogP) is 2.95. The number of H-pyrrole nitrogens is 1. The van der Waals surface area contributed by atoms with Crippen molar-refractivity contribution in [2.45, 2.75) is 51.5 Å². The van der Waals surface area contributed by atoms with E-state index in [-0.39, 0.29) is 11.8 Å². The van der Waals surface area contributed by atoms with E-state index in [1.54, 1.807) is 19.9 Å². The first-order valence-corrected chi connectivity index (χ1v) is 9.98. The average molecular weight is 375 g/mol. The van der Waals surface area contributed by atoms with E-state index >= 15 is 0 Å². The number of amides is 2. The molecule has 1 aliphatic heterocycles. The highest BCUT2D eigenvalue weighted by Gasteiger charge is 2.36. The minimum absolute atomic E-state index is 0.0267. The summed E-state index contributed by atoms with van der Waals surface area (Å²) in [5.74, 6) is 0.194. The van der Waals surface area contributed by atoms with Gasteiger partial charge in [0, 0.05) is 24.7 Å². The molecule has 2 amide bonds. The van der Waals surface area contributed by atoms with Crippen molar-refractivity contribution < 1.29 is 9.59 Å². The smallest absolute Gasteiger partial charge is 0.262 e. The second-order valence-electron chi connectivity index (χ2n) is 7.29. The van der Waals surface area contributed by atoms with Gasteiger partial charge in [0.15, 0.2) is 0 Å². The van der Waals surface area contributed by atoms with Gasteiger partial charge in [0.25, 0.3) is 5.91 Å². The summed E-state index contributed by atoms with van der Waals surface area (Å²) < 4.78 is 0. The van der Waals surface area contributed by atoms with Crippen LogP contribution in [0.4, 0.5) is 0 Å². The van der Waals surface area contributed by atoms with E-state index in [1.165, 1.54) is 22.6 Å². The van der Waals surface area contributed by atoms with Crippen LogP contribution in [-0.2, 0) is 11.2 Å². The van der Waals surface area contributed by atoms with E-state index in [2.05, 4.69) is 22.4 Å². The fraction of sp³-hybridized carbons (Fsp3) is 0.526. The highest BCUT2D eigenvalue weighted by Crippen LogP contribution is 2.30. The highest BCUT2D eigenvalue weighted by molar-refractivity contribution is 7.12. The second kappa shape index (κ2) is 7.61. The summed E-state index contributed by atoms with van der Waals surface area (Å²) in [6.45, 7) is 7.08. The number of thiophene rings is 1. The van der Waals surface area contributed by atoms with Crippen LogP contribution in [0, 0.1) is 0 Å². The van der Waals surface area contributed by atoms with Crippen LogP contribution in [0.1, 0.15) is 60.5 Å². The van der Waals surface area contributed by atoms with Crippen LogP contribution in [0.15, 0.2) is 23.7 Å². The van der Waals surface area contributed by atoms with Gasteiger partial charge in [-0.1, -0.05) is 13.0 Å². The van der Waals surface area contributed by atoms with E-state index in [1.807, 2.05) is 22.5 Å². The number of carbonyl (C=O) groups is 2. The molecule has 6 nitrogen and oxygen atoms in total. The van der Waals surface area contributed by atoms with Crippen molar-refractivity contribution >= 4 is 23.2 Å². The van der Waals surface area contributed by atoms with Gasteiger partial charge < -0.3 is 10.2 Å². The van der Waals surface area contributed by atoms with Gasteiger partial charge >= 0.3 is 0 Å². The molecule has 0 aliphatic carbocycles. The lowest BCUT2D eigenvalue weighted by atomic mass is 9.90. The van der Waals surface area contributed by atoms with Crippen molar-refractivity contribution in [2.24, 2.45) is 0 Å². The molecular weight excluding hydrogens is 348 g/mol. The molecule has 1 aliphatic rings. The number of aromatic nitrogens is 2. The highest BCUT2D eigenvalue weighted by atomic mass is 32.1. The number of rotatable bonds is 5. The van der Waals surface area contributed by atoms with Crippen LogP contribution in [-0.4, -0.2) is 45.5 Å². The molecule has 2 aromatic rings. The monoisotopic (exact) mass is 374 g/mol. The molecule has 2 N–H and O–H groups in total. The number of hydrogen-bond acceptors (Lipinski definition) is 4. The average Bonchev–Trinajstić information content (AvgIpc) is 3.32. The molecular formula is C19H26N4O2S. The molecule has 1 saturated heterocycles. The van der Waals surface area contributed by atoms with E-state index < -0.39 is 5.54 Å². The molecule has 3 heterocycles. The zero-order chi connectivity index (χ0) is 18.7. The van der Waals surface area contributed by atoms with E-state index in [0.717, 1.165) is 19.3 Å². The number of piperidine rings is 1. The first kappa shape index (κ1) is 18.6. The van der Waals surface area contributed by atoms with E-state index in [9.17, 15) is 9.59 Å². The first-order chi connectivity index (χ1) is 12.4. The Labute approximate surface area is 158 Å². The molecule has 1 fully saturated rings. The van der Waals surface area contributed by atoms with Crippen molar-refractivity contribution in [3.05, 3.63) is 39.8 Å². The van der Waals surface area contributed by atoms with Gasteiger partial charge in [-0.3, -0.25) is 14.7 Å². The van der Waals surface area contributed by atoms with Gasteiger partial charge in [-0.15, -0.1) is 11.3 Å². The summed E-state index contributed by atoms with van der Waals surface area (Å²) in [5.41, 5.74) is 1.55. The van der Waals surface area contributed by atoms with Crippen LogP contribution in [0.2, 0.25) is 0 Å². The Morgan fingerprint density at radius 3 is 2.73 bits per heavy atom. The molecule has 140 valence electrons. The van der Waals surface area contributed by atoms with Gasteiger partial charge in [-0.25, -0.2) is 0 Å². The third-order valence-electron chi connectivity index (χ3n) is 5.03. The summed E-state index contributed by atoms with van der Waals surface area (Å²) >= 11 is 1.37. The van der Waals surface area contributed by atoms with Crippen LogP contribution < -0.4 is 5.32 Å². The molecule has 2 aromatic heterocycles. The molecule has 0 spiro atoms. The Morgan fingerprint density at radius 1 is 1.38 bits per heavy atom. The lowest BCUT2D eigenvalue weighted by Gasteiger charge is -2.37. The van der Waals surface area contributed by atoms with Gasteiger partial charge in [-0.2, -0.15) is 5.10 Å². The van der Waals surface area contributed by atoms with Crippen LogP contribution >= 0.6 is 11.3 Å². The summed E-state index contributed by atoms with van der Waals surface area (Å²) in [6, 6.07) is 3.60. The molecule has 0 bridgehead atoms. The van der Waals surface area contributed by atoms with E-state index in [4.69, 9.17) is 0 Å². The minimum atomic E-state index is -0.920. The Balaban J connectivity index is 1.59. The summed E-state index contributed by atoms with van der Waals surface area (Å²) in [7, 11) is 0. The molecule has 7 heteroatoms. The normalized spacial score (nSPS) is 15.9.